The molecule has 40 heavy (non-hydrogen) atoms. The second-order valence-corrected chi connectivity index (χ2v) is 10.1. The topological polar surface area (TPSA) is 90.5 Å². The Bertz CT molecular complexity index is 1490. The molecule has 7 nitrogen and oxygen atoms in total. The molecule has 0 atom stereocenters. The largest absolute Gasteiger partial charge is 0.378 e. The fraction of sp³-hybridized carbons (Fsp3) is 0.0938. The Kier molecular flexibility index (Phi) is 9.74. The van der Waals surface area contributed by atoms with E-state index in [0.717, 1.165) is 21.8 Å². The molecule has 0 bridgehead atoms. The minimum Gasteiger partial charge on any atom is -0.378 e. The summed E-state index contributed by atoms with van der Waals surface area (Å²) in [5.74, 6) is -0.765. The maximum Gasteiger partial charge on any atom is 0.272 e. The van der Waals surface area contributed by atoms with Crippen molar-refractivity contribution in [2.45, 2.75) is 4.90 Å². The van der Waals surface area contributed by atoms with Gasteiger partial charge in [-0.25, -0.2) is 0 Å². The molecule has 0 aliphatic heterocycles. The lowest BCUT2D eigenvalue weighted by Gasteiger charge is -2.14. The maximum absolute atomic E-state index is 13.4. The van der Waals surface area contributed by atoms with Crippen molar-refractivity contribution < 1.29 is 14.4 Å². The first-order chi connectivity index (χ1) is 19.4. The van der Waals surface area contributed by atoms with Crippen LogP contribution >= 0.6 is 11.8 Å². The normalized spacial score (nSPS) is 10.9. The Morgan fingerprint density at radius 3 is 2.08 bits per heavy atom. The molecule has 0 fully saturated rings. The fourth-order valence-corrected chi connectivity index (χ4v) is 4.46. The molecule has 3 amide bonds. The zero-order chi connectivity index (χ0) is 28.3. The third-order valence-corrected chi connectivity index (χ3v) is 6.76. The van der Waals surface area contributed by atoms with E-state index in [1.807, 2.05) is 85.7 Å². The summed E-state index contributed by atoms with van der Waals surface area (Å²) in [6.07, 6.45) is 1.64. The molecule has 4 aromatic rings. The van der Waals surface area contributed by atoms with Gasteiger partial charge in [0.05, 0.1) is 5.75 Å². The van der Waals surface area contributed by atoms with Crippen LogP contribution in [0.4, 0.5) is 17.1 Å². The number of carbonyl (C=O) groups excluding carboxylic acids is 3. The van der Waals surface area contributed by atoms with E-state index in [1.165, 1.54) is 11.8 Å². The molecular weight excluding hydrogens is 520 g/mol. The van der Waals surface area contributed by atoms with E-state index in [2.05, 4.69) is 16.0 Å². The van der Waals surface area contributed by atoms with Crippen LogP contribution in [0.5, 0.6) is 0 Å². The van der Waals surface area contributed by atoms with Crippen molar-refractivity contribution in [3.8, 4) is 0 Å². The highest BCUT2D eigenvalue weighted by Gasteiger charge is 2.15. The number of benzene rings is 4. The molecule has 0 radical (unpaired) electrons. The first-order valence-corrected chi connectivity index (χ1v) is 13.6. The number of carbonyl (C=O) groups is 3. The second-order valence-electron chi connectivity index (χ2n) is 9.05. The number of anilines is 3. The Hall–Kier alpha value is -4.82. The third-order valence-electron chi connectivity index (χ3n) is 5.77. The molecule has 8 heteroatoms. The van der Waals surface area contributed by atoms with Gasteiger partial charge in [0.15, 0.2) is 0 Å². The van der Waals surface area contributed by atoms with E-state index >= 15 is 0 Å². The molecule has 0 saturated carbocycles. The van der Waals surface area contributed by atoms with Crippen LogP contribution in [0.25, 0.3) is 6.08 Å². The van der Waals surface area contributed by atoms with Crippen LogP contribution < -0.4 is 20.9 Å². The lowest BCUT2D eigenvalue weighted by atomic mass is 10.1. The Labute approximate surface area is 238 Å². The lowest BCUT2D eigenvalue weighted by Crippen LogP contribution is -2.30. The number of hydrogen-bond donors (Lipinski definition) is 3. The van der Waals surface area contributed by atoms with Crippen LogP contribution in [0.15, 0.2) is 120 Å². The van der Waals surface area contributed by atoms with Crippen LogP contribution in [-0.4, -0.2) is 37.6 Å². The highest BCUT2D eigenvalue weighted by atomic mass is 32.2. The average Bonchev–Trinajstić information content (AvgIpc) is 2.97. The van der Waals surface area contributed by atoms with Gasteiger partial charge in [0.2, 0.25) is 5.91 Å². The van der Waals surface area contributed by atoms with Crippen LogP contribution in [-0.2, 0) is 9.59 Å². The van der Waals surface area contributed by atoms with E-state index in [9.17, 15) is 14.4 Å². The molecule has 0 saturated heterocycles. The third kappa shape index (κ3) is 8.34. The van der Waals surface area contributed by atoms with Crippen molar-refractivity contribution in [1.82, 2.24) is 5.32 Å². The first-order valence-electron chi connectivity index (χ1n) is 12.6. The van der Waals surface area contributed by atoms with Gasteiger partial charge in [-0.05, 0) is 66.2 Å². The van der Waals surface area contributed by atoms with E-state index in [-0.39, 0.29) is 23.3 Å². The molecule has 0 aliphatic carbocycles. The van der Waals surface area contributed by atoms with Crippen molar-refractivity contribution in [3.05, 3.63) is 126 Å². The molecule has 4 aromatic carbocycles. The second kappa shape index (κ2) is 13.8. The fourth-order valence-electron chi connectivity index (χ4n) is 3.71. The number of para-hydroxylation sites is 1. The Balaban J connectivity index is 1.47. The predicted molar refractivity (Wildman–Crippen MR) is 164 cm³/mol. The van der Waals surface area contributed by atoms with Gasteiger partial charge in [0, 0.05) is 41.6 Å². The number of nitrogens with one attached hydrogen (secondary N) is 3. The molecule has 0 aromatic heterocycles. The monoisotopic (exact) mass is 550 g/mol. The molecule has 4 rings (SSSR count). The number of rotatable bonds is 10. The van der Waals surface area contributed by atoms with E-state index in [4.69, 9.17) is 0 Å². The summed E-state index contributed by atoms with van der Waals surface area (Å²) < 4.78 is 0. The highest BCUT2D eigenvalue weighted by molar-refractivity contribution is 8.00. The summed E-state index contributed by atoms with van der Waals surface area (Å²) in [6, 6.07) is 32.9. The molecule has 3 N–H and O–H groups in total. The van der Waals surface area contributed by atoms with Crippen molar-refractivity contribution in [2.24, 2.45) is 0 Å². The van der Waals surface area contributed by atoms with Crippen LogP contribution in [0.1, 0.15) is 15.9 Å². The summed E-state index contributed by atoms with van der Waals surface area (Å²) in [4.78, 5) is 41.4. The summed E-state index contributed by atoms with van der Waals surface area (Å²) in [7, 11) is 3.90. The molecule has 0 heterocycles. The van der Waals surface area contributed by atoms with Crippen LogP contribution in [0.3, 0.4) is 0 Å². The van der Waals surface area contributed by atoms with Gasteiger partial charge < -0.3 is 20.9 Å². The molecule has 202 valence electrons. The van der Waals surface area contributed by atoms with Crippen molar-refractivity contribution >= 4 is 52.6 Å². The van der Waals surface area contributed by atoms with E-state index in [0.29, 0.717) is 11.3 Å². The van der Waals surface area contributed by atoms with Crippen molar-refractivity contribution in [2.75, 3.05) is 35.4 Å². The maximum atomic E-state index is 13.4. The van der Waals surface area contributed by atoms with Gasteiger partial charge in [0.1, 0.15) is 5.70 Å². The smallest absolute Gasteiger partial charge is 0.272 e. The standard InChI is InChI=1S/C32H30N4O3S/c1-36(2)27-18-16-23(17-19-27)20-29(35-31(38)24-10-5-3-6-11-24)32(39)34-26-14-9-15-28(21-26)40-22-30(37)33-25-12-7-4-8-13-25/h3-21H,22H2,1-2H3,(H,33,37)(H,34,39)(H,35,38)/b29-20+. The van der Waals surface area contributed by atoms with E-state index in [1.54, 1.807) is 48.5 Å². The van der Waals surface area contributed by atoms with Gasteiger partial charge in [-0.1, -0.05) is 54.6 Å². The summed E-state index contributed by atoms with van der Waals surface area (Å²) in [5.41, 5.74) is 3.60. The lowest BCUT2D eigenvalue weighted by molar-refractivity contribution is -0.114. The van der Waals surface area contributed by atoms with Gasteiger partial charge in [-0.15, -0.1) is 11.8 Å². The zero-order valence-electron chi connectivity index (χ0n) is 22.3. The Morgan fingerprint density at radius 1 is 0.750 bits per heavy atom. The summed E-state index contributed by atoms with van der Waals surface area (Å²) in [5, 5.41) is 8.49. The summed E-state index contributed by atoms with van der Waals surface area (Å²) in [6.45, 7) is 0. The summed E-state index contributed by atoms with van der Waals surface area (Å²) >= 11 is 1.36. The van der Waals surface area contributed by atoms with Crippen molar-refractivity contribution in [1.29, 1.82) is 0 Å². The van der Waals surface area contributed by atoms with E-state index < -0.39 is 5.91 Å². The molecular formula is C32H30N4O3S. The SMILES string of the molecule is CN(C)c1ccc(/C=C(/NC(=O)c2ccccc2)C(=O)Nc2cccc(SCC(=O)Nc3ccccc3)c2)cc1. The highest BCUT2D eigenvalue weighted by Crippen LogP contribution is 2.23. The van der Waals surface area contributed by atoms with Crippen LogP contribution in [0.2, 0.25) is 0 Å². The zero-order valence-corrected chi connectivity index (χ0v) is 23.1. The Morgan fingerprint density at radius 2 is 1.40 bits per heavy atom. The molecule has 0 spiro atoms. The van der Waals surface area contributed by atoms with Crippen molar-refractivity contribution in [3.63, 3.8) is 0 Å². The number of hydrogen-bond acceptors (Lipinski definition) is 5. The first kappa shape index (κ1) is 28.2. The van der Waals surface area contributed by atoms with Gasteiger partial charge in [-0.2, -0.15) is 0 Å². The quantitative estimate of drug-likeness (QED) is 0.169. The number of thioether (sulfide) groups is 1. The minimum absolute atomic E-state index is 0.103. The van der Waals surface area contributed by atoms with Gasteiger partial charge >= 0.3 is 0 Å². The van der Waals surface area contributed by atoms with Crippen LogP contribution in [0, 0.1) is 0 Å². The predicted octanol–water partition coefficient (Wildman–Crippen LogP) is 5.89. The number of nitrogens with zero attached hydrogens (tertiary/aromatic N) is 1. The van der Waals surface area contributed by atoms with Gasteiger partial charge in [-0.3, -0.25) is 14.4 Å². The van der Waals surface area contributed by atoms with Gasteiger partial charge in [0.25, 0.3) is 11.8 Å². The number of amides is 3. The average molecular weight is 551 g/mol. The minimum atomic E-state index is -0.468. The molecule has 0 aliphatic rings. The molecule has 0 unspecified atom stereocenters.